The highest BCUT2D eigenvalue weighted by Crippen LogP contribution is 2.22. The van der Waals surface area contributed by atoms with Crippen LogP contribution >= 0.6 is 0 Å². The molecule has 0 spiro atoms. The highest BCUT2D eigenvalue weighted by atomic mass is 16.3. The summed E-state index contributed by atoms with van der Waals surface area (Å²) in [5.74, 6) is 0. The SMILES string of the molecule is Cc1cccc2[nH]cc(CCNC(=O)N(C)CCC(C)O)c12. The zero-order valence-electron chi connectivity index (χ0n) is 13.5. The number of nitrogens with one attached hydrogen (secondary N) is 2. The van der Waals surface area contributed by atoms with Gasteiger partial charge >= 0.3 is 6.03 Å². The number of aliphatic hydroxyl groups excluding tert-OH is 1. The molecule has 1 heterocycles. The molecule has 0 bridgehead atoms. The molecular formula is C17H25N3O2. The maximum atomic E-state index is 11.9. The van der Waals surface area contributed by atoms with Crippen LogP contribution in [0.25, 0.3) is 10.9 Å². The summed E-state index contributed by atoms with van der Waals surface area (Å²) in [5.41, 5.74) is 3.60. The van der Waals surface area contributed by atoms with Crippen LogP contribution in [-0.2, 0) is 6.42 Å². The number of hydrogen-bond acceptors (Lipinski definition) is 2. The van der Waals surface area contributed by atoms with E-state index in [0.29, 0.717) is 19.5 Å². The van der Waals surface area contributed by atoms with E-state index in [2.05, 4.69) is 29.4 Å². The Morgan fingerprint density at radius 3 is 2.95 bits per heavy atom. The molecule has 0 saturated heterocycles. The van der Waals surface area contributed by atoms with Crippen LogP contribution in [0, 0.1) is 6.92 Å². The van der Waals surface area contributed by atoms with Crippen molar-refractivity contribution in [1.29, 1.82) is 0 Å². The molecular weight excluding hydrogens is 278 g/mol. The van der Waals surface area contributed by atoms with Gasteiger partial charge in [-0.3, -0.25) is 0 Å². The van der Waals surface area contributed by atoms with Crippen molar-refractivity contribution >= 4 is 16.9 Å². The third-order valence-corrected chi connectivity index (χ3v) is 3.90. The molecule has 2 amide bonds. The fourth-order valence-corrected chi connectivity index (χ4v) is 2.57. The normalized spacial score (nSPS) is 12.4. The Kier molecular flexibility index (Phi) is 5.44. The van der Waals surface area contributed by atoms with E-state index >= 15 is 0 Å². The standard InChI is InChI=1S/C17H25N3O2/c1-12-5-4-6-15-16(12)14(11-19-15)7-9-18-17(22)20(3)10-8-13(2)21/h4-6,11,13,19,21H,7-10H2,1-3H3,(H,18,22). The molecule has 0 fully saturated rings. The number of rotatable bonds is 6. The van der Waals surface area contributed by atoms with Crippen LogP contribution in [0.15, 0.2) is 24.4 Å². The van der Waals surface area contributed by atoms with Crippen molar-refractivity contribution in [3.05, 3.63) is 35.5 Å². The molecule has 0 aliphatic rings. The summed E-state index contributed by atoms with van der Waals surface area (Å²) in [4.78, 5) is 16.8. The zero-order valence-corrected chi connectivity index (χ0v) is 13.5. The molecule has 0 aliphatic heterocycles. The Morgan fingerprint density at radius 1 is 1.45 bits per heavy atom. The molecule has 5 heteroatoms. The van der Waals surface area contributed by atoms with Crippen molar-refractivity contribution in [2.45, 2.75) is 32.8 Å². The molecule has 1 aromatic heterocycles. The number of amides is 2. The average molecular weight is 303 g/mol. The van der Waals surface area contributed by atoms with Gasteiger partial charge in [0.2, 0.25) is 0 Å². The molecule has 120 valence electrons. The lowest BCUT2D eigenvalue weighted by Crippen LogP contribution is -2.39. The van der Waals surface area contributed by atoms with Gasteiger partial charge in [-0.25, -0.2) is 4.79 Å². The second-order valence-electron chi connectivity index (χ2n) is 5.85. The number of fused-ring (bicyclic) bond motifs is 1. The Morgan fingerprint density at radius 2 is 2.23 bits per heavy atom. The summed E-state index contributed by atoms with van der Waals surface area (Å²) in [6.45, 7) is 4.97. The van der Waals surface area contributed by atoms with Gasteiger partial charge in [0.25, 0.3) is 0 Å². The third-order valence-electron chi connectivity index (χ3n) is 3.90. The minimum Gasteiger partial charge on any atom is -0.393 e. The number of carbonyl (C=O) groups is 1. The third kappa shape index (κ3) is 4.01. The van der Waals surface area contributed by atoms with Crippen molar-refractivity contribution in [2.75, 3.05) is 20.1 Å². The average Bonchev–Trinajstić information content (AvgIpc) is 2.89. The number of H-pyrrole nitrogens is 1. The number of aryl methyl sites for hydroxylation is 1. The number of aromatic amines is 1. The quantitative estimate of drug-likeness (QED) is 0.767. The fraction of sp³-hybridized carbons (Fsp3) is 0.471. The number of benzene rings is 1. The van der Waals surface area contributed by atoms with Crippen molar-refractivity contribution in [2.24, 2.45) is 0 Å². The first kappa shape index (κ1) is 16.4. The number of hydrogen-bond donors (Lipinski definition) is 3. The highest BCUT2D eigenvalue weighted by molar-refractivity contribution is 5.86. The van der Waals surface area contributed by atoms with Crippen LogP contribution in [0.2, 0.25) is 0 Å². The van der Waals surface area contributed by atoms with Gasteiger partial charge in [0.05, 0.1) is 6.10 Å². The lowest BCUT2D eigenvalue weighted by Gasteiger charge is -2.18. The first-order valence-electron chi connectivity index (χ1n) is 7.71. The predicted molar refractivity (Wildman–Crippen MR) is 89.1 cm³/mol. The maximum absolute atomic E-state index is 11.9. The number of urea groups is 1. The van der Waals surface area contributed by atoms with E-state index < -0.39 is 0 Å². The molecule has 1 aromatic carbocycles. The second-order valence-corrected chi connectivity index (χ2v) is 5.85. The molecule has 22 heavy (non-hydrogen) atoms. The largest absolute Gasteiger partial charge is 0.393 e. The smallest absolute Gasteiger partial charge is 0.317 e. The maximum Gasteiger partial charge on any atom is 0.317 e. The van der Waals surface area contributed by atoms with Crippen LogP contribution in [0.3, 0.4) is 0 Å². The summed E-state index contributed by atoms with van der Waals surface area (Å²) in [6, 6.07) is 6.10. The number of nitrogens with zero attached hydrogens (tertiary/aromatic N) is 1. The zero-order chi connectivity index (χ0) is 16.1. The van der Waals surface area contributed by atoms with E-state index in [4.69, 9.17) is 0 Å². The van der Waals surface area contributed by atoms with E-state index in [-0.39, 0.29) is 12.1 Å². The Bertz CT molecular complexity index is 634. The fourth-order valence-electron chi connectivity index (χ4n) is 2.57. The minimum absolute atomic E-state index is 0.0998. The van der Waals surface area contributed by atoms with Crippen molar-refractivity contribution in [3.8, 4) is 0 Å². The molecule has 1 unspecified atom stereocenters. The number of aromatic nitrogens is 1. The minimum atomic E-state index is -0.385. The molecule has 0 saturated carbocycles. The van der Waals surface area contributed by atoms with Crippen molar-refractivity contribution < 1.29 is 9.90 Å². The number of carbonyl (C=O) groups excluding carboxylic acids is 1. The summed E-state index contributed by atoms with van der Waals surface area (Å²) in [7, 11) is 1.74. The lowest BCUT2D eigenvalue weighted by atomic mass is 10.1. The first-order chi connectivity index (χ1) is 10.5. The van der Waals surface area contributed by atoms with Gasteiger partial charge in [-0.1, -0.05) is 12.1 Å². The second kappa shape index (κ2) is 7.31. The summed E-state index contributed by atoms with van der Waals surface area (Å²) in [5, 5.41) is 13.4. The van der Waals surface area contributed by atoms with Gasteiger partial charge in [-0.15, -0.1) is 0 Å². The van der Waals surface area contributed by atoms with Crippen molar-refractivity contribution in [3.63, 3.8) is 0 Å². The van der Waals surface area contributed by atoms with Gasteiger partial charge in [0.15, 0.2) is 0 Å². The Labute approximate surface area is 131 Å². The number of aliphatic hydroxyl groups is 1. The van der Waals surface area contributed by atoms with Gasteiger partial charge < -0.3 is 20.3 Å². The Balaban J connectivity index is 1.86. The van der Waals surface area contributed by atoms with E-state index in [1.807, 2.05) is 12.3 Å². The first-order valence-corrected chi connectivity index (χ1v) is 7.71. The predicted octanol–water partition coefficient (Wildman–Crippen LogP) is 2.43. The summed E-state index contributed by atoms with van der Waals surface area (Å²) >= 11 is 0. The molecule has 0 radical (unpaired) electrons. The van der Waals surface area contributed by atoms with Gasteiger partial charge in [-0.05, 0) is 43.9 Å². The van der Waals surface area contributed by atoms with Crippen LogP contribution < -0.4 is 5.32 Å². The summed E-state index contributed by atoms with van der Waals surface area (Å²) in [6.07, 6.45) is 3.01. The topological polar surface area (TPSA) is 68.4 Å². The Hall–Kier alpha value is -2.01. The van der Waals surface area contributed by atoms with Crippen LogP contribution in [-0.4, -0.2) is 47.3 Å². The van der Waals surface area contributed by atoms with Crippen LogP contribution in [0.4, 0.5) is 4.79 Å². The van der Waals surface area contributed by atoms with Crippen LogP contribution in [0.1, 0.15) is 24.5 Å². The van der Waals surface area contributed by atoms with Gasteiger partial charge in [0.1, 0.15) is 0 Å². The van der Waals surface area contributed by atoms with E-state index in [0.717, 1.165) is 11.9 Å². The lowest BCUT2D eigenvalue weighted by molar-refractivity contribution is 0.163. The molecule has 2 rings (SSSR count). The van der Waals surface area contributed by atoms with E-state index in [1.165, 1.54) is 16.5 Å². The van der Waals surface area contributed by atoms with Crippen LogP contribution in [0.5, 0.6) is 0 Å². The van der Waals surface area contributed by atoms with Gasteiger partial charge in [-0.2, -0.15) is 0 Å². The molecule has 0 aliphatic carbocycles. The van der Waals surface area contributed by atoms with E-state index in [9.17, 15) is 9.90 Å². The molecule has 2 aromatic rings. The van der Waals surface area contributed by atoms with Gasteiger partial charge in [0, 0.05) is 37.2 Å². The summed E-state index contributed by atoms with van der Waals surface area (Å²) < 4.78 is 0. The molecule has 1 atom stereocenters. The highest BCUT2D eigenvalue weighted by Gasteiger charge is 2.10. The molecule has 3 N–H and O–H groups in total. The van der Waals surface area contributed by atoms with Crippen molar-refractivity contribution in [1.82, 2.24) is 15.2 Å². The van der Waals surface area contributed by atoms with E-state index in [1.54, 1.807) is 18.9 Å². The molecule has 5 nitrogen and oxygen atoms in total. The monoisotopic (exact) mass is 303 g/mol.